The topological polar surface area (TPSA) is 98.8 Å². The molecule has 2 heterocycles. The third-order valence-corrected chi connectivity index (χ3v) is 5.29. The van der Waals surface area contributed by atoms with Crippen molar-refractivity contribution in [3.8, 4) is 0 Å². The molecule has 1 aromatic rings. The predicted molar refractivity (Wildman–Crippen MR) is 94.8 cm³/mol. The lowest BCUT2D eigenvalue weighted by molar-refractivity contribution is -0.130. The zero-order valence-electron chi connectivity index (χ0n) is 14.5. The molecular formula is C16H21FN4O4S. The van der Waals surface area contributed by atoms with Crippen molar-refractivity contribution in [3.05, 3.63) is 24.0 Å². The number of hydrogen-bond acceptors (Lipinski definition) is 4. The van der Waals surface area contributed by atoms with E-state index in [4.69, 9.17) is 0 Å². The molecular weight excluding hydrogens is 363 g/mol. The highest BCUT2D eigenvalue weighted by molar-refractivity contribution is 7.92. The van der Waals surface area contributed by atoms with Gasteiger partial charge in [0.25, 0.3) is 0 Å². The van der Waals surface area contributed by atoms with Crippen molar-refractivity contribution in [2.24, 2.45) is 0 Å². The van der Waals surface area contributed by atoms with E-state index in [2.05, 4.69) is 10.0 Å². The van der Waals surface area contributed by atoms with E-state index in [1.54, 1.807) is 16.8 Å². The van der Waals surface area contributed by atoms with Gasteiger partial charge in [-0.2, -0.15) is 0 Å². The second-order valence-electron chi connectivity index (χ2n) is 6.77. The Labute approximate surface area is 151 Å². The summed E-state index contributed by atoms with van der Waals surface area (Å²) in [7, 11) is -1.81. The zero-order chi connectivity index (χ0) is 19.1. The molecule has 0 aliphatic carbocycles. The van der Waals surface area contributed by atoms with E-state index < -0.39 is 21.9 Å². The van der Waals surface area contributed by atoms with Gasteiger partial charge < -0.3 is 15.1 Å². The van der Waals surface area contributed by atoms with Crippen molar-refractivity contribution >= 4 is 33.3 Å². The molecule has 2 saturated heterocycles. The lowest BCUT2D eigenvalue weighted by atomic mass is 10.1. The van der Waals surface area contributed by atoms with Crippen LogP contribution in [0.3, 0.4) is 0 Å². The molecule has 2 bridgehead atoms. The Balaban J connectivity index is 1.79. The van der Waals surface area contributed by atoms with Gasteiger partial charge in [0.05, 0.1) is 23.7 Å². The van der Waals surface area contributed by atoms with Crippen LogP contribution in [0.15, 0.2) is 18.2 Å². The highest BCUT2D eigenvalue weighted by Gasteiger charge is 2.42. The Bertz CT molecular complexity index is 845. The van der Waals surface area contributed by atoms with Gasteiger partial charge >= 0.3 is 6.03 Å². The molecule has 1 aromatic carbocycles. The Hall–Kier alpha value is -2.36. The summed E-state index contributed by atoms with van der Waals surface area (Å²) in [6.45, 7) is 0.445. The van der Waals surface area contributed by atoms with Gasteiger partial charge in [0.2, 0.25) is 15.9 Å². The van der Waals surface area contributed by atoms with E-state index in [9.17, 15) is 22.4 Å². The van der Waals surface area contributed by atoms with Crippen molar-refractivity contribution in [3.63, 3.8) is 0 Å². The minimum absolute atomic E-state index is 0.0134. The number of benzene rings is 1. The van der Waals surface area contributed by atoms with Crippen molar-refractivity contribution < 1.29 is 22.4 Å². The van der Waals surface area contributed by atoms with E-state index in [1.165, 1.54) is 12.1 Å². The number of likely N-dealkylation sites (N-methyl/N-ethyl adjacent to an activating group) is 1. The second kappa shape index (κ2) is 6.75. The summed E-state index contributed by atoms with van der Waals surface area (Å²) in [5.74, 6) is -0.687. The fourth-order valence-electron chi connectivity index (χ4n) is 3.53. The second-order valence-corrected chi connectivity index (χ2v) is 8.52. The van der Waals surface area contributed by atoms with Crippen LogP contribution < -0.4 is 10.0 Å². The normalized spacial score (nSPS) is 23.0. The molecule has 0 radical (unpaired) electrons. The first kappa shape index (κ1) is 18.4. The summed E-state index contributed by atoms with van der Waals surface area (Å²) < 4.78 is 39.0. The molecule has 10 heteroatoms. The van der Waals surface area contributed by atoms with Gasteiger partial charge in [-0.1, -0.05) is 0 Å². The third-order valence-electron chi connectivity index (χ3n) is 4.69. The smallest absolute Gasteiger partial charge is 0.322 e. The molecule has 142 valence electrons. The molecule has 8 nitrogen and oxygen atoms in total. The van der Waals surface area contributed by atoms with Crippen LogP contribution in [0, 0.1) is 5.82 Å². The SMILES string of the molecule is CN1C[C@@H]2CC[C@H](CC1=O)N2C(=O)Nc1cc(NS(C)(=O)=O)ccc1F. The minimum Gasteiger partial charge on any atom is -0.344 e. The summed E-state index contributed by atoms with van der Waals surface area (Å²) in [6.07, 6.45) is 2.75. The van der Waals surface area contributed by atoms with Crippen LogP contribution in [-0.4, -0.2) is 62.1 Å². The van der Waals surface area contributed by atoms with E-state index in [0.717, 1.165) is 25.2 Å². The van der Waals surface area contributed by atoms with Gasteiger partial charge in [-0.05, 0) is 31.0 Å². The maximum atomic E-state index is 14.1. The maximum Gasteiger partial charge on any atom is 0.322 e. The monoisotopic (exact) mass is 384 g/mol. The van der Waals surface area contributed by atoms with Gasteiger partial charge in [0.15, 0.2) is 0 Å². The number of hydrogen-bond donors (Lipinski definition) is 2. The maximum absolute atomic E-state index is 14.1. The first-order chi connectivity index (χ1) is 12.1. The van der Waals surface area contributed by atoms with Crippen LogP contribution in [0.1, 0.15) is 19.3 Å². The van der Waals surface area contributed by atoms with Crippen LogP contribution in [0.25, 0.3) is 0 Å². The lowest BCUT2D eigenvalue weighted by Gasteiger charge is -2.28. The van der Waals surface area contributed by atoms with Gasteiger partial charge in [-0.3, -0.25) is 9.52 Å². The highest BCUT2D eigenvalue weighted by atomic mass is 32.2. The third kappa shape index (κ3) is 3.90. The number of halogens is 1. The quantitative estimate of drug-likeness (QED) is 0.823. The molecule has 2 fully saturated rings. The number of urea groups is 1. The number of fused-ring (bicyclic) bond motifs is 2. The fraction of sp³-hybridized carbons (Fsp3) is 0.500. The largest absolute Gasteiger partial charge is 0.344 e. The fourth-order valence-corrected chi connectivity index (χ4v) is 4.08. The Morgan fingerprint density at radius 1 is 1.27 bits per heavy atom. The van der Waals surface area contributed by atoms with Crippen LogP contribution in [0.4, 0.5) is 20.6 Å². The summed E-state index contributed by atoms with van der Waals surface area (Å²) >= 11 is 0. The van der Waals surface area contributed by atoms with E-state index >= 15 is 0 Å². The summed E-state index contributed by atoms with van der Waals surface area (Å²) in [6, 6.07) is 2.77. The van der Waals surface area contributed by atoms with Crippen molar-refractivity contribution in [2.45, 2.75) is 31.3 Å². The molecule has 26 heavy (non-hydrogen) atoms. The molecule has 2 aliphatic rings. The summed E-state index contributed by atoms with van der Waals surface area (Å²) in [5, 5.41) is 2.51. The van der Waals surface area contributed by atoms with Gasteiger partial charge in [0, 0.05) is 26.1 Å². The van der Waals surface area contributed by atoms with Crippen LogP contribution in [0.5, 0.6) is 0 Å². The zero-order valence-corrected chi connectivity index (χ0v) is 15.3. The van der Waals surface area contributed by atoms with E-state index in [1.807, 2.05) is 0 Å². The minimum atomic E-state index is -3.52. The molecule has 3 amide bonds. The molecule has 2 atom stereocenters. The van der Waals surface area contributed by atoms with Crippen molar-refractivity contribution in [1.29, 1.82) is 0 Å². The van der Waals surface area contributed by atoms with Gasteiger partial charge in [-0.25, -0.2) is 17.6 Å². The Morgan fingerprint density at radius 2 is 1.96 bits per heavy atom. The average molecular weight is 384 g/mol. The number of nitrogens with one attached hydrogen (secondary N) is 2. The lowest BCUT2D eigenvalue weighted by Crippen LogP contribution is -2.45. The van der Waals surface area contributed by atoms with Crippen LogP contribution in [-0.2, 0) is 14.8 Å². The first-order valence-corrected chi connectivity index (χ1v) is 10.1. The average Bonchev–Trinajstić information content (AvgIpc) is 2.85. The number of anilines is 2. The number of sulfonamides is 1. The molecule has 0 unspecified atom stereocenters. The predicted octanol–water partition coefficient (Wildman–Crippen LogP) is 1.42. The molecule has 0 aromatic heterocycles. The van der Waals surface area contributed by atoms with Crippen LogP contribution >= 0.6 is 0 Å². The molecule has 0 spiro atoms. The Kier molecular flexibility index (Phi) is 4.78. The molecule has 2 N–H and O–H groups in total. The molecule has 3 rings (SSSR count). The van der Waals surface area contributed by atoms with Gasteiger partial charge in [0.1, 0.15) is 5.82 Å². The number of amides is 3. The summed E-state index contributed by atoms with van der Waals surface area (Å²) in [5.41, 5.74) is 0.0323. The Morgan fingerprint density at radius 3 is 2.65 bits per heavy atom. The standard InChI is InChI=1S/C16H21FN4O4S/c1-20-9-12-5-4-11(8-15(20)22)21(12)16(23)18-14-7-10(3-6-13(14)17)19-26(2,24)25/h3,6-7,11-12,19H,4-5,8-9H2,1-2H3,(H,18,23)/t11-,12+/m1/s1. The van der Waals surface area contributed by atoms with E-state index in [0.29, 0.717) is 6.54 Å². The number of nitrogens with zero attached hydrogens (tertiary/aromatic N) is 2. The first-order valence-electron chi connectivity index (χ1n) is 8.24. The highest BCUT2D eigenvalue weighted by Crippen LogP contribution is 2.31. The number of rotatable bonds is 3. The number of carbonyl (C=O) groups is 2. The number of likely N-dealkylation sites (tertiary alicyclic amines) is 1. The van der Waals surface area contributed by atoms with Gasteiger partial charge in [-0.15, -0.1) is 0 Å². The summed E-state index contributed by atoms with van der Waals surface area (Å²) in [4.78, 5) is 27.9. The van der Waals surface area contributed by atoms with Crippen LogP contribution in [0.2, 0.25) is 0 Å². The number of carbonyl (C=O) groups excluding carboxylic acids is 2. The molecule has 0 saturated carbocycles. The van der Waals surface area contributed by atoms with Crippen molar-refractivity contribution in [1.82, 2.24) is 9.80 Å². The molecule has 2 aliphatic heterocycles. The van der Waals surface area contributed by atoms with Crippen molar-refractivity contribution in [2.75, 3.05) is 29.9 Å². The van der Waals surface area contributed by atoms with E-state index in [-0.39, 0.29) is 35.8 Å².